The number of hydrogen-bond acceptors (Lipinski definition) is 4. The summed E-state index contributed by atoms with van der Waals surface area (Å²) in [6.07, 6.45) is 0. The molecule has 0 aromatic heterocycles. The molecule has 1 atom stereocenters. The Balaban J connectivity index is 2.26. The lowest BCUT2D eigenvalue weighted by Gasteiger charge is -2.32. The number of carbonyl (C=O) groups excluding carboxylic acids is 1. The van der Waals surface area contributed by atoms with Crippen LogP contribution < -0.4 is 5.32 Å². The van der Waals surface area contributed by atoms with Gasteiger partial charge in [0.05, 0.1) is 18.2 Å². The largest absolute Gasteiger partial charge is 0.480 e. The monoisotopic (exact) mass is 277 g/mol. The van der Waals surface area contributed by atoms with Gasteiger partial charge >= 0.3 is 5.97 Å². The topological polar surface area (TPSA) is 93.4 Å². The summed E-state index contributed by atoms with van der Waals surface area (Å²) in [6, 6.07) is 4.73. The molecule has 1 aromatic carbocycles. The Morgan fingerprint density at radius 1 is 1.60 bits per heavy atom. The molecule has 0 aliphatic carbocycles. The van der Waals surface area contributed by atoms with Crippen molar-refractivity contribution in [2.75, 3.05) is 13.1 Å². The van der Waals surface area contributed by atoms with Crippen LogP contribution in [0.15, 0.2) is 18.2 Å². The minimum absolute atomic E-state index is 0.00856. The Bertz CT molecular complexity index is 597. The van der Waals surface area contributed by atoms with Crippen LogP contribution in [0.25, 0.3) is 0 Å². The van der Waals surface area contributed by atoms with Gasteiger partial charge in [-0.2, -0.15) is 5.26 Å². The Hall–Kier alpha value is -2.46. The molecule has 0 radical (unpaired) electrons. The molecule has 104 valence electrons. The number of nitriles is 1. The molecule has 1 amide bonds. The average Bonchev–Trinajstić information content (AvgIpc) is 2.38. The van der Waals surface area contributed by atoms with Crippen LogP contribution in [0.1, 0.15) is 11.1 Å². The van der Waals surface area contributed by atoms with Crippen LogP contribution in [0.3, 0.4) is 0 Å². The first-order chi connectivity index (χ1) is 9.51. The zero-order valence-electron chi connectivity index (χ0n) is 10.5. The Labute approximate surface area is 114 Å². The number of aliphatic carboxylic acids is 1. The lowest BCUT2D eigenvalue weighted by Crippen LogP contribution is -2.57. The lowest BCUT2D eigenvalue weighted by atomic mass is 10.1. The fourth-order valence-electron chi connectivity index (χ4n) is 2.12. The summed E-state index contributed by atoms with van der Waals surface area (Å²) in [5, 5.41) is 20.6. The SMILES string of the molecule is N#Cc1ccc(F)cc1CN1CC(=O)NCC1C(=O)O. The van der Waals surface area contributed by atoms with Crippen LogP contribution >= 0.6 is 0 Å². The zero-order chi connectivity index (χ0) is 14.7. The lowest BCUT2D eigenvalue weighted by molar-refractivity contribution is -0.146. The summed E-state index contributed by atoms with van der Waals surface area (Å²) in [5.41, 5.74) is 0.634. The van der Waals surface area contributed by atoms with Crippen molar-refractivity contribution in [3.63, 3.8) is 0 Å². The number of halogens is 1. The van der Waals surface area contributed by atoms with Crippen molar-refractivity contribution in [2.45, 2.75) is 12.6 Å². The van der Waals surface area contributed by atoms with Gasteiger partial charge in [0.1, 0.15) is 11.9 Å². The van der Waals surface area contributed by atoms with Crippen molar-refractivity contribution in [2.24, 2.45) is 0 Å². The van der Waals surface area contributed by atoms with Crippen LogP contribution in [-0.2, 0) is 16.1 Å². The number of carbonyl (C=O) groups is 2. The number of benzene rings is 1. The summed E-state index contributed by atoms with van der Waals surface area (Å²) in [4.78, 5) is 23.9. The molecule has 6 nitrogen and oxygen atoms in total. The van der Waals surface area contributed by atoms with Gasteiger partial charge in [0.15, 0.2) is 0 Å². The van der Waals surface area contributed by atoms with Crippen molar-refractivity contribution in [1.29, 1.82) is 5.26 Å². The van der Waals surface area contributed by atoms with E-state index in [9.17, 15) is 14.0 Å². The van der Waals surface area contributed by atoms with Crippen LogP contribution in [-0.4, -0.2) is 41.0 Å². The maximum Gasteiger partial charge on any atom is 0.322 e. The molecule has 1 fully saturated rings. The maximum absolute atomic E-state index is 13.2. The molecule has 0 bridgehead atoms. The minimum Gasteiger partial charge on any atom is -0.480 e. The average molecular weight is 277 g/mol. The van der Waals surface area contributed by atoms with E-state index in [1.165, 1.54) is 23.1 Å². The highest BCUT2D eigenvalue weighted by atomic mass is 19.1. The van der Waals surface area contributed by atoms with E-state index < -0.39 is 17.8 Å². The van der Waals surface area contributed by atoms with Crippen LogP contribution in [0, 0.1) is 17.1 Å². The van der Waals surface area contributed by atoms with Gasteiger partial charge in [0.2, 0.25) is 5.91 Å². The first-order valence-electron chi connectivity index (χ1n) is 5.93. The molecule has 1 aliphatic heterocycles. The van der Waals surface area contributed by atoms with E-state index in [0.717, 1.165) is 0 Å². The van der Waals surface area contributed by atoms with Crippen LogP contribution in [0.2, 0.25) is 0 Å². The van der Waals surface area contributed by atoms with Crippen molar-refractivity contribution in [3.05, 3.63) is 35.1 Å². The summed E-state index contributed by atoms with van der Waals surface area (Å²) >= 11 is 0. The Morgan fingerprint density at radius 3 is 3.00 bits per heavy atom. The van der Waals surface area contributed by atoms with Crippen molar-refractivity contribution in [1.82, 2.24) is 10.2 Å². The third-order valence-electron chi connectivity index (χ3n) is 3.13. The number of amides is 1. The summed E-state index contributed by atoms with van der Waals surface area (Å²) in [5.74, 6) is -1.87. The number of nitrogens with zero attached hydrogens (tertiary/aromatic N) is 2. The van der Waals surface area contributed by atoms with Gasteiger partial charge in [0, 0.05) is 13.1 Å². The number of piperazine rings is 1. The van der Waals surface area contributed by atoms with Gasteiger partial charge in [-0.3, -0.25) is 14.5 Å². The molecule has 2 rings (SSSR count). The molecule has 1 aromatic rings. The van der Waals surface area contributed by atoms with Crippen molar-refractivity contribution < 1.29 is 19.1 Å². The first-order valence-corrected chi connectivity index (χ1v) is 5.93. The molecule has 20 heavy (non-hydrogen) atoms. The van der Waals surface area contributed by atoms with E-state index in [1.54, 1.807) is 0 Å². The molecule has 0 saturated carbocycles. The maximum atomic E-state index is 13.2. The summed E-state index contributed by atoms with van der Waals surface area (Å²) < 4.78 is 13.2. The second-order valence-corrected chi connectivity index (χ2v) is 4.48. The second-order valence-electron chi connectivity index (χ2n) is 4.48. The summed E-state index contributed by atoms with van der Waals surface area (Å²) in [7, 11) is 0. The first kappa shape index (κ1) is 14.0. The molecule has 0 spiro atoms. The highest BCUT2D eigenvalue weighted by Gasteiger charge is 2.32. The number of carboxylic acids is 1. The fraction of sp³-hybridized carbons (Fsp3) is 0.308. The smallest absolute Gasteiger partial charge is 0.322 e. The number of rotatable bonds is 3. The quantitative estimate of drug-likeness (QED) is 0.816. The fourth-order valence-corrected chi connectivity index (χ4v) is 2.12. The predicted molar refractivity (Wildman–Crippen MR) is 66.0 cm³/mol. The Kier molecular flexibility index (Phi) is 3.96. The molecule has 7 heteroatoms. The van der Waals surface area contributed by atoms with E-state index in [1.807, 2.05) is 6.07 Å². The number of carboxylic acid groups (broad SMARTS) is 1. The number of hydrogen-bond donors (Lipinski definition) is 2. The normalized spacial score (nSPS) is 19.2. The van der Waals surface area contributed by atoms with Gasteiger partial charge in [0.25, 0.3) is 0 Å². The van der Waals surface area contributed by atoms with E-state index in [4.69, 9.17) is 10.4 Å². The molecule has 1 heterocycles. The van der Waals surface area contributed by atoms with Gasteiger partial charge in [-0.1, -0.05) is 0 Å². The molecular formula is C13H12FN3O3. The minimum atomic E-state index is -1.07. The third kappa shape index (κ3) is 2.92. The van der Waals surface area contributed by atoms with Crippen LogP contribution in [0.5, 0.6) is 0 Å². The van der Waals surface area contributed by atoms with Gasteiger partial charge < -0.3 is 10.4 Å². The number of nitrogens with one attached hydrogen (secondary N) is 1. The third-order valence-corrected chi connectivity index (χ3v) is 3.13. The zero-order valence-corrected chi connectivity index (χ0v) is 10.5. The van der Waals surface area contributed by atoms with Crippen molar-refractivity contribution in [3.8, 4) is 6.07 Å². The molecule has 2 N–H and O–H groups in total. The second kappa shape index (κ2) is 5.67. The predicted octanol–water partition coefficient (Wildman–Crippen LogP) is 0.0824. The van der Waals surface area contributed by atoms with Gasteiger partial charge in [-0.25, -0.2) is 4.39 Å². The highest BCUT2D eigenvalue weighted by Crippen LogP contribution is 2.16. The van der Waals surface area contributed by atoms with E-state index in [-0.39, 0.29) is 31.1 Å². The van der Waals surface area contributed by atoms with E-state index in [2.05, 4.69) is 5.32 Å². The molecular weight excluding hydrogens is 265 g/mol. The standard InChI is InChI=1S/C13H12FN3O3/c14-10-2-1-8(4-15)9(3-10)6-17-7-12(18)16-5-11(17)13(19)20/h1-3,11H,5-7H2,(H,16,18)(H,19,20). The Morgan fingerprint density at radius 2 is 2.35 bits per heavy atom. The summed E-state index contributed by atoms with van der Waals surface area (Å²) in [6.45, 7) is -0.0746. The van der Waals surface area contributed by atoms with E-state index in [0.29, 0.717) is 5.56 Å². The van der Waals surface area contributed by atoms with Gasteiger partial charge in [-0.15, -0.1) is 0 Å². The van der Waals surface area contributed by atoms with Gasteiger partial charge in [-0.05, 0) is 23.8 Å². The molecule has 1 unspecified atom stereocenters. The van der Waals surface area contributed by atoms with Crippen molar-refractivity contribution >= 4 is 11.9 Å². The molecule has 1 saturated heterocycles. The van der Waals surface area contributed by atoms with Crippen LogP contribution in [0.4, 0.5) is 4.39 Å². The molecule has 1 aliphatic rings. The van der Waals surface area contributed by atoms with E-state index >= 15 is 0 Å². The highest BCUT2D eigenvalue weighted by molar-refractivity contribution is 5.83.